The van der Waals surface area contributed by atoms with Crippen LogP contribution >= 0.6 is 11.7 Å². The maximum Gasteiger partial charge on any atom is 0.356 e. The molecule has 6 nitrogen and oxygen atoms in total. The zero-order valence-corrected chi connectivity index (χ0v) is 7.81. The molecule has 7 heteroatoms. The Bertz CT molecular complexity index is 436. The molecular weight excluding hydrogens is 204 g/mol. The summed E-state index contributed by atoms with van der Waals surface area (Å²) >= 11 is 1.12. The molecule has 0 bridgehead atoms. The largest absolute Gasteiger partial charge is 0.476 e. The number of carboxylic acid groups (broad SMARTS) is 1. The number of aromatic carboxylic acids is 1. The van der Waals surface area contributed by atoms with Crippen LogP contribution in [-0.4, -0.2) is 29.4 Å². The summed E-state index contributed by atoms with van der Waals surface area (Å²) in [4.78, 5) is 14.2. The fourth-order valence-corrected chi connectivity index (χ4v) is 1.42. The molecule has 2 heterocycles. The highest BCUT2D eigenvalue weighted by Gasteiger charge is 2.06. The normalized spacial score (nSPS) is 10.3. The molecule has 2 rings (SSSR count). The number of nitrogens with zero attached hydrogens (tertiary/aromatic N) is 4. The smallest absolute Gasteiger partial charge is 0.356 e. The molecule has 0 radical (unpaired) electrons. The van der Waals surface area contributed by atoms with Crippen molar-refractivity contribution in [2.75, 3.05) is 0 Å². The van der Waals surface area contributed by atoms with Crippen molar-refractivity contribution in [3.8, 4) is 0 Å². The average molecular weight is 210 g/mol. The van der Waals surface area contributed by atoms with Gasteiger partial charge in [0.1, 0.15) is 0 Å². The molecule has 14 heavy (non-hydrogen) atoms. The van der Waals surface area contributed by atoms with Crippen molar-refractivity contribution in [1.29, 1.82) is 0 Å². The predicted molar refractivity (Wildman–Crippen MR) is 48.2 cm³/mol. The van der Waals surface area contributed by atoms with E-state index in [9.17, 15) is 4.79 Å². The van der Waals surface area contributed by atoms with Crippen molar-refractivity contribution in [3.63, 3.8) is 0 Å². The lowest BCUT2D eigenvalue weighted by molar-refractivity contribution is 0.0691. The molecule has 0 saturated heterocycles. The molecule has 0 fully saturated rings. The number of hydrogen-bond donors (Lipinski definition) is 1. The van der Waals surface area contributed by atoms with Crippen LogP contribution in [0.5, 0.6) is 0 Å². The minimum atomic E-state index is -1.03. The van der Waals surface area contributed by atoms with E-state index in [0.717, 1.165) is 17.4 Å². The Labute approximate surface area is 83.2 Å². The molecule has 0 aliphatic heterocycles. The van der Waals surface area contributed by atoms with E-state index in [-0.39, 0.29) is 5.69 Å². The van der Waals surface area contributed by atoms with E-state index in [1.54, 1.807) is 10.8 Å². The minimum Gasteiger partial charge on any atom is -0.476 e. The monoisotopic (exact) mass is 210 g/mol. The van der Waals surface area contributed by atoms with Gasteiger partial charge in [0.25, 0.3) is 0 Å². The third-order valence-electron chi connectivity index (χ3n) is 1.60. The molecule has 0 amide bonds. The van der Waals surface area contributed by atoms with E-state index in [0.29, 0.717) is 6.54 Å². The molecule has 0 saturated carbocycles. The molecule has 1 N–H and O–H groups in total. The molecule has 72 valence electrons. The van der Waals surface area contributed by atoms with Crippen molar-refractivity contribution in [2.24, 2.45) is 0 Å². The first-order chi connectivity index (χ1) is 6.75. The summed E-state index contributed by atoms with van der Waals surface area (Å²) in [7, 11) is 0. The number of rotatable bonds is 3. The zero-order chi connectivity index (χ0) is 9.97. The van der Waals surface area contributed by atoms with Gasteiger partial charge in [-0.25, -0.2) is 9.78 Å². The van der Waals surface area contributed by atoms with E-state index in [4.69, 9.17) is 5.11 Å². The Balaban J connectivity index is 2.14. The maximum atomic E-state index is 10.5. The zero-order valence-electron chi connectivity index (χ0n) is 6.99. The number of carboxylic acids is 1. The molecule has 0 unspecified atom stereocenters. The van der Waals surface area contributed by atoms with Crippen LogP contribution in [0.3, 0.4) is 0 Å². The third kappa shape index (κ3) is 1.77. The van der Waals surface area contributed by atoms with Gasteiger partial charge in [-0.3, -0.25) is 0 Å². The van der Waals surface area contributed by atoms with E-state index < -0.39 is 5.97 Å². The fourth-order valence-electron chi connectivity index (χ4n) is 0.998. The van der Waals surface area contributed by atoms with Crippen molar-refractivity contribution >= 4 is 17.7 Å². The summed E-state index contributed by atoms with van der Waals surface area (Å²) < 4.78 is 9.49. The van der Waals surface area contributed by atoms with Crippen LogP contribution in [0.25, 0.3) is 0 Å². The van der Waals surface area contributed by atoms with Crippen LogP contribution in [0.4, 0.5) is 0 Å². The van der Waals surface area contributed by atoms with Crippen LogP contribution in [0, 0.1) is 0 Å². The van der Waals surface area contributed by atoms with Gasteiger partial charge in [0.2, 0.25) is 0 Å². The van der Waals surface area contributed by atoms with E-state index in [1.807, 2.05) is 0 Å². The minimum absolute atomic E-state index is 0.0354. The van der Waals surface area contributed by atoms with Gasteiger partial charge in [0.15, 0.2) is 5.69 Å². The lowest BCUT2D eigenvalue weighted by Gasteiger charge is -1.94. The molecule has 0 aromatic carbocycles. The Hall–Kier alpha value is -1.76. The first kappa shape index (κ1) is 8.82. The predicted octanol–water partition coefficient (Wildman–Crippen LogP) is 0.481. The van der Waals surface area contributed by atoms with E-state index >= 15 is 0 Å². The van der Waals surface area contributed by atoms with Crippen molar-refractivity contribution in [3.05, 3.63) is 30.1 Å². The highest BCUT2D eigenvalue weighted by atomic mass is 32.1. The SMILES string of the molecule is O=C(O)c1cn(Cc2cnsn2)cn1. The molecule has 2 aromatic rings. The first-order valence-corrected chi connectivity index (χ1v) is 4.50. The van der Waals surface area contributed by atoms with Gasteiger partial charge in [0.05, 0.1) is 36.5 Å². The summed E-state index contributed by atoms with van der Waals surface area (Å²) in [5.41, 5.74) is 0.831. The summed E-state index contributed by atoms with van der Waals surface area (Å²) in [6, 6.07) is 0. The summed E-state index contributed by atoms with van der Waals surface area (Å²) in [5, 5.41) is 8.62. The number of carbonyl (C=O) groups is 1. The molecule has 0 aliphatic rings. The van der Waals surface area contributed by atoms with Crippen molar-refractivity contribution < 1.29 is 9.90 Å². The standard InChI is InChI=1S/C7H6N4O2S/c12-7(13)6-3-11(4-8-6)2-5-1-9-14-10-5/h1,3-4H,2H2,(H,12,13). The second-order valence-electron chi connectivity index (χ2n) is 2.64. The number of hydrogen-bond acceptors (Lipinski definition) is 5. The van der Waals surface area contributed by atoms with Crippen molar-refractivity contribution in [2.45, 2.75) is 6.54 Å². The topological polar surface area (TPSA) is 80.9 Å². The van der Waals surface area contributed by atoms with Crippen molar-refractivity contribution in [1.82, 2.24) is 18.3 Å². The van der Waals surface area contributed by atoms with Gasteiger partial charge in [-0.1, -0.05) is 0 Å². The lowest BCUT2D eigenvalue weighted by atomic mass is 10.4. The molecular formula is C7H6N4O2S. The van der Waals surface area contributed by atoms with Gasteiger partial charge in [0, 0.05) is 6.20 Å². The second-order valence-corrected chi connectivity index (χ2v) is 3.19. The van der Waals surface area contributed by atoms with E-state index in [2.05, 4.69) is 13.7 Å². The third-order valence-corrected chi connectivity index (χ3v) is 2.12. The Morgan fingerprint density at radius 3 is 3.07 bits per heavy atom. The molecule has 0 atom stereocenters. The van der Waals surface area contributed by atoms with Gasteiger partial charge in [-0.15, -0.1) is 0 Å². The summed E-state index contributed by atoms with van der Waals surface area (Å²) in [5.74, 6) is -1.03. The van der Waals surface area contributed by atoms with Gasteiger partial charge >= 0.3 is 5.97 Å². The molecule has 0 spiro atoms. The van der Waals surface area contributed by atoms with Crippen LogP contribution < -0.4 is 0 Å². The van der Waals surface area contributed by atoms with Crippen LogP contribution in [0.1, 0.15) is 16.2 Å². The summed E-state index contributed by atoms with van der Waals surface area (Å²) in [6.07, 6.45) is 4.57. The molecule has 2 aromatic heterocycles. The number of imidazole rings is 1. The van der Waals surface area contributed by atoms with E-state index in [1.165, 1.54) is 12.5 Å². The fraction of sp³-hybridized carbons (Fsp3) is 0.143. The van der Waals surface area contributed by atoms with Gasteiger partial charge in [-0.05, 0) is 0 Å². The van der Waals surface area contributed by atoms with Crippen LogP contribution in [0.2, 0.25) is 0 Å². The van der Waals surface area contributed by atoms with Gasteiger partial charge < -0.3 is 9.67 Å². The number of aromatic nitrogens is 4. The second kappa shape index (κ2) is 3.54. The van der Waals surface area contributed by atoms with Gasteiger partial charge in [-0.2, -0.15) is 8.75 Å². The Morgan fingerprint density at radius 2 is 2.50 bits per heavy atom. The quantitative estimate of drug-likeness (QED) is 0.796. The highest BCUT2D eigenvalue weighted by molar-refractivity contribution is 6.99. The Morgan fingerprint density at radius 1 is 1.64 bits per heavy atom. The molecule has 0 aliphatic carbocycles. The van der Waals surface area contributed by atoms with Crippen LogP contribution in [-0.2, 0) is 6.54 Å². The summed E-state index contributed by atoms with van der Waals surface area (Å²) in [6.45, 7) is 0.497. The maximum absolute atomic E-state index is 10.5. The van der Waals surface area contributed by atoms with Crippen LogP contribution in [0.15, 0.2) is 18.7 Å². The average Bonchev–Trinajstić information content (AvgIpc) is 2.75. The highest BCUT2D eigenvalue weighted by Crippen LogP contribution is 2.01. The first-order valence-electron chi connectivity index (χ1n) is 3.77. The Kier molecular flexibility index (Phi) is 2.23. The lowest BCUT2D eigenvalue weighted by Crippen LogP contribution is -1.98.